The lowest BCUT2D eigenvalue weighted by Gasteiger charge is -2.14. The average molecular weight is 425 g/mol. The topological polar surface area (TPSA) is 9.23 Å². The van der Waals surface area contributed by atoms with E-state index in [9.17, 15) is 0 Å². The van der Waals surface area contributed by atoms with Crippen LogP contribution in [-0.2, 0) is 0 Å². The van der Waals surface area contributed by atoms with Crippen molar-refractivity contribution in [3.05, 3.63) is 61.5 Å². The minimum atomic E-state index is -0.272. The highest BCUT2D eigenvalue weighted by molar-refractivity contribution is 9.11. The molecular weight excluding hydrogens is 415 g/mol. The fourth-order valence-electron chi connectivity index (χ4n) is 1.73. The number of rotatable bonds is 3. The molecule has 2 rings (SSSR count). The molecule has 0 fully saturated rings. The van der Waals surface area contributed by atoms with Crippen LogP contribution in [-0.4, -0.2) is 7.11 Å². The predicted molar refractivity (Wildman–Crippen MR) is 87.5 cm³/mol. The summed E-state index contributed by atoms with van der Waals surface area (Å²) in [6.45, 7) is 0. The number of hydrogen-bond donors (Lipinski definition) is 0. The lowest BCUT2D eigenvalue weighted by Crippen LogP contribution is -1.95. The van der Waals surface area contributed by atoms with Gasteiger partial charge in [0.25, 0.3) is 0 Å². The molecule has 1 unspecified atom stereocenters. The summed E-state index contributed by atoms with van der Waals surface area (Å²) in [4.78, 5) is 0. The minimum Gasteiger partial charge on any atom is -0.495 e. The number of alkyl halides is 1. The van der Waals surface area contributed by atoms with Crippen LogP contribution in [0.3, 0.4) is 0 Å². The van der Waals surface area contributed by atoms with E-state index in [0.29, 0.717) is 10.8 Å². The minimum absolute atomic E-state index is 0.272. The van der Waals surface area contributed by atoms with Gasteiger partial charge in [-0.05, 0) is 35.4 Å². The van der Waals surface area contributed by atoms with Crippen LogP contribution in [0.25, 0.3) is 0 Å². The Morgan fingerprint density at radius 3 is 2.42 bits per heavy atom. The van der Waals surface area contributed by atoms with Crippen molar-refractivity contribution in [3.8, 4) is 5.75 Å². The fourth-order valence-corrected chi connectivity index (χ4v) is 3.73. The van der Waals surface area contributed by atoms with E-state index in [-0.39, 0.29) is 5.38 Å². The molecule has 19 heavy (non-hydrogen) atoms. The second-order valence-electron chi connectivity index (χ2n) is 3.92. The Bertz CT molecular complexity index is 602. The van der Waals surface area contributed by atoms with Gasteiger partial charge in [0.15, 0.2) is 0 Å². The maximum Gasteiger partial charge on any atom is 0.137 e. The average Bonchev–Trinajstić information content (AvgIpc) is 2.38. The molecule has 0 aromatic heterocycles. The van der Waals surface area contributed by atoms with Crippen molar-refractivity contribution in [2.24, 2.45) is 0 Å². The third kappa shape index (κ3) is 3.46. The Labute approximate surface area is 139 Å². The Morgan fingerprint density at radius 2 is 1.84 bits per heavy atom. The summed E-state index contributed by atoms with van der Waals surface area (Å²) in [7, 11) is 1.59. The first-order chi connectivity index (χ1) is 9.02. The van der Waals surface area contributed by atoms with E-state index in [1.165, 1.54) is 0 Å². The van der Waals surface area contributed by atoms with Gasteiger partial charge in [-0.2, -0.15) is 0 Å². The standard InChI is InChI=1S/C14H10Br2Cl2O/c1-19-13-5-2-8(6-12(13)17)14(18)10-4-3-9(15)7-11(10)16/h2-7,14H,1H3. The highest BCUT2D eigenvalue weighted by atomic mass is 79.9. The maximum absolute atomic E-state index is 6.51. The first kappa shape index (κ1) is 15.2. The van der Waals surface area contributed by atoms with Crippen LogP contribution < -0.4 is 4.74 Å². The van der Waals surface area contributed by atoms with Crippen LogP contribution in [0.2, 0.25) is 5.02 Å². The van der Waals surface area contributed by atoms with Gasteiger partial charge >= 0.3 is 0 Å². The van der Waals surface area contributed by atoms with Gasteiger partial charge in [-0.3, -0.25) is 0 Å². The van der Waals surface area contributed by atoms with E-state index in [1.807, 2.05) is 36.4 Å². The molecule has 0 spiro atoms. The summed E-state index contributed by atoms with van der Waals surface area (Å²) < 4.78 is 7.09. The van der Waals surface area contributed by atoms with Crippen molar-refractivity contribution in [3.63, 3.8) is 0 Å². The first-order valence-electron chi connectivity index (χ1n) is 5.45. The van der Waals surface area contributed by atoms with Crippen LogP contribution >= 0.6 is 55.1 Å². The molecule has 1 atom stereocenters. The summed E-state index contributed by atoms with van der Waals surface area (Å²) in [5.74, 6) is 0.643. The van der Waals surface area contributed by atoms with Gasteiger partial charge in [-0.25, -0.2) is 0 Å². The quantitative estimate of drug-likeness (QED) is 0.533. The normalized spacial score (nSPS) is 12.3. The van der Waals surface area contributed by atoms with Crippen LogP contribution in [0.5, 0.6) is 5.75 Å². The third-order valence-corrected chi connectivity index (χ3v) is 4.67. The van der Waals surface area contributed by atoms with Gasteiger partial charge < -0.3 is 4.74 Å². The van der Waals surface area contributed by atoms with E-state index in [2.05, 4.69) is 31.9 Å². The van der Waals surface area contributed by atoms with Gasteiger partial charge in [-0.15, -0.1) is 11.6 Å². The van der Waals surface area contributed by atoms with E-state index >= 15 is 0 Å². The second-order valence-corrected chi connectivity index (χ2v) is 6.54. The van der Waals surface area contributed by atoms with Crippen LogP contribution in [0.1, 0.15) is 16.5 Å². The van der Waals surface area contributed by atoms with E-state index in [4.69, 9.17) is 27.9 Å². The Morgan fingerprint density at radius 1 is 1.11 bits per heavy atom. The first-order valence-corrected chi connectivity index (χ1v) is 7.85. The Balaban J connectivity index is 2.38. The molecule has 1 nitrogen and oxygen atoms in total. The number of halogens is 4. The molecule has 0 N–H and O–H groups in total. The molecule has 0 aliphatic heterocycles. The fraction of sp³-hybridized carbons (Fsp3) is 0.143. The van der Waals surface area contributed by atoms with Gasteiger partial charge in [0.2, 0.25) is 0 Å². The zero-order chi connectivity index (χ0) is 14.0. The zero-order valence-corrected chi connectivity index (χ0v) is 14.6. The zero-order valence-electron chi connectivity index (χ0n) is 9.96. The summed E-state index contributed by atoms with van der Waals surface area (Å²) >= 11 is 19.6. The molecule has 0 bridgehead atoms. The molecule has 2 aromatic carbocycles. The number of benzene rings is 2. The lowest BCUT2D eigenvalue weighted by molar-refractivity contribution is 0.415. The summed E-state index contributed by atoms with van der Waals surface area (Å²) in [5, 5.41) is 0.282. The molecule has 0 saturated carbocycles. The van der Waals surface area contributed by atoms with Crippen molar-refractivity contribution in [2.75, 3.05) is 7.11 Å². The predicted octanol–water partition coefficient (Wildman–Crippen LogP) is 6.20. The molecule has 0 radical (unpaired) electrons. The highest BCUT2D eigenvalue weighted by Gasteiger charge is 2.15. The van der Waals surface area contributed by atoms with E-state index in [0.717, 1.165) is 20.1 Å². The SMILES string of the molecule is COc1ccc(C(Cl)c2ccc(Br)cc2Br)cc1Cl. The maximum atomic E-state index is 6.51. The van der Waals surface area contributed by atoms with Crippen molar-refractivity contribution >= 4 is 55.1 Å². The Kier molecular flexibility index (Phi) is 5.18. The summed E-state index contributed by atoms with van der Waals surface area (Å²) in [6.07, 6.45) is 0. The van der Waals surface area contributed by atoms with Crippen molar-refractivity contribution in [1.29, 1.82) is 0 Å². The van der Waals surface area contributed by atoms with Crippen LogP contribution in [0, 0.1) is 0 Å². The molecule has 5 heteroatoms. The van der Waals surface area contributed by atoms with Crippen molar-refractivity contribution < 1.29 is 4.74 Å². The monoisotopic (exact) mass is 422 g/mol. The van der Waals surface area contributed by atoms with Gasteiger partial charge in [-0.1, -0.05) is 55.6 Å². The molecule has 0 aliphatic carbocycles. The number of ether oxygens (including phenoxy) is 1. The van der Waals surface area contributed by atoms with Crippen LogP contribution in [0.4, 0.5) is 0 Å². The smallest absolute Gasteiger partial charge is 0.137 e. The van der Waals surface area contributed by atoms with E-state index in [1.54, 1.807) is 7.11 Å². The summed E-state index contributed by atoms with van der Waals surface area (Å²) in [5.41, 5.74) is 1.92. The highest BCUT2D eigenvalue weighted by Crippen LogP contribution is 2.37. The molecule has 2 aromatic rings. The molecule has 0 amide bonds. The second kappa shape index (κ2) is 6.49. The molecule has 0 saturated heterocycles. The lowest BCUT2D eigenvalue weighted by atomic mass is 10.0. The summed E-state index contributed by atoms with van der Waals surface area (Å²) in [6, 6.07) is 11.5. The number of hydrogen-bond acceptors (Lipinski definition) is 1. The largest absolute Gasteiger partial charge is 0.495 e. The Hall–Kier alpha value is -0.220. The molecule has 0 aliphatic rings. The van der Waals surface area contributed by atoms with Crippen molar-refractivity contribution in [1.82, 2.24) is 0 Å². The molecular formula is C14H10Br2Cl2O. The molecule has 100 valence electrons. The third-order valence-electron chi connectivity index (χ3n) is 2.70. The van der Waals surface area contributed by atoms with Gasteiger partial charge in [0.1, 0.15) is 5.75 Å². The van der Waals surface area contributed by atoms with Crippen molar-refractivity contribution in [2.45, 2.75) is 5.38 Å². The van der Waals surface area contributed by atoms with Crippen LogP contribution in [0.15, 0.2) is 45.3 Å². The van der Waals surface area contributed by atoms with Gasteiger partial charge in [0, 0.05) is 8.95 Å². The van der Waals surface area contributed by atoms with Gasteiger partial charge in [0.05, 0.1) is 17.5 Å². The number of methoxy groups -OCH3 is 1. The molecule has 0 heterocycles. The van der Waals surface area contributed by atoms with E-state index < -0.39 is 0 Å².